The van der Waals surface area contributed by atoms with E-state index in [2.05, 4.69) is 10.2 Å². The van der Waals surface area contributed by atoms with Crippen LogP contribution < -0.4 is 9.47 Å². The minimum atomic E-state index is 0.572. The summed E-state index contributed by atoms with van der Waals surface area (Å²) in [6.45, 7) is 0. The van der Waals surface area contributed by atoms with Gasteiger partial charge in [-0.3, -0.25) is 5.10 Å². The van der Waals surface area contributed by atoms with Gasteiger partial charge in [0, 0.05) is 15.6 Å². The molecule has 22 heavy (non-hydrogen) atoms. The van der Waals surface area contributed by atoms with Gasteiger partial charge in [-0.25, -0.2) is 0 Å². The van der Waals surface area contributed by atoms with Crippen LogP contribution in [0.2, 0.25) is 10.0 Å². The second-order valence-electron chi connectivity index (χ2n) is 4.50. The van der Waals surface area contributed by atoms with Crippen molar-refractivity contribution in [1.29, 1.82) is 0 Å². The number of ether oxygens (including phenoxy) is 2. The molecule has 3 aromatic rings. The van der Waals surface area contributed by atoms with Crippen LogP contribution in [0.4, 0.5) is 0 Å². The highest BCUT2D eigenvalue weighted by Crippen LogP contribution is 2.38. The number of nitrogens with one attached hydrogen (secondary N) is 1. The standard InChI is InChI=1S/C16H12Cl2N2O2/c1-21-14-7-4-11(18)8-13(14)16-15(9-19-20-16)22-12-5-2-10(17)3-6-12/h2-9H,1H3,(H,19,20). The fourth-order valence-electron chi connectivity index (χ4n) is 2.04. The summed E-state index contributed by atoms with van der Waals surface area (Å²) < 4.78 is 11.2. The summed E-state index contributed by atoms with van der Waals surface area (Å²) in [5, 5.41) is 8.28. The van der Waals surface area contributed by atoms with Crippen LogP contribution in [0.25, 0.3) is 11.3 Å². The molecule has 0 radical (unpaired) electrons. The predicted molar refractivity (Wildman–Crippen MR) is 87.1 cm³/mol. The Labute approximate surface area is 137 Å². The van der Waals surface area contributed by atoms with E-state index in [1.165, 1.54) is 0 Å². The van der Waals surface area contributed by atoms with Crippen LogP contribution >= 0.6 is 23.2 Å². The van der Waals surface area contributed by atoms with Crippen LogP contribution in [-0.2, 0) is 0 Å². The molecular weight excluding hydrogens is 323 g/mol. The number of hydrogen-bond acceptors (Lipinski definition) is 3. The van der Waals surface area contributed by atoms with Crippen molar-refractivity contribution in [2.45, 2.75) is 0 Å². The quantitative estimate of drug-likeness (QED) is 0.714. The van der Waals surface area contributed by atoms with Gasteiger partial charge in [0.25, 0.3) is 0 Å². The first-order valence-electron chi connectivity index (χ1n) is 6.48. The number of methoxy groups -OCH3 is 1. The Morgan fingerprint density at radius 1 is 0.955 bits per heavy atom. The van der Waals surface area contributed by atoms with Crippen molar-refractivity contribution in [1.82, 2.24) is 10.2 Å². The van der Waals surface area contributed by atoms with E-state index in [0.717, 1.165) is 5.56 Å². The summed E-state index contributed by atoms with van der Waals surface area (Å²) in [6.07, 6.45) is 1.67. The number of nitrogens with zero attached hydrogens (tertiary/aromatic N) is 1. The lowest BCUT2D eigenvalue weighted by molar-refractivity contribution is 0.416. The summed E-state index contributed by atoms with van der Waals surface area (Å²) in [7, 11) is 1.60. The molecule has 1 aromatic heterocycles. The Bertz CT molecular complexity index is 785. The van der Waals surface area contributed by atoms with E-state index in [9.17, 15) is 0 Å². The van der Waals surface area contributed by atoms with E-state index in [0.29, 0.717) is 33.0 Å². The van der Waals surface area contributed by atoms with Gasteiger partial charge in [0.15, 0.2) is 5.75 Å². The third-order valence-electron chi connectivity index (χ3n) is 3.06. The first-order chi connectivity index (χ1) is 10.7. The Hall–Kier alpha value is -2.17. The van der Waals surface area contributed by atoms with Gasteiger partial charge in [-0.2, -0.15) is 5.10 Å². The molecule has 0 saturated carbocycles. The van der Waals surface area contributed by atoms with E-state index in [4.69, 9.17) is 32.7 Å². The van der Waals surface area contributed by atoms with Crippen molar-refractivity contribution in [2.24, 2.45) is 0 Å². The van der Waals surface area contributed by atoms with Gasteiger partial charge in [-0.1, -0.05) is 23.2 Å². The highest BCUT2D eigenvalue weighted by atomic mass is 35.5. The molecule has 0 unspecified atom stereocenters. The predicted octanol–water partition coefficient (Wildman–Crippen LogP) is 5.18. The zero-order valence-corrected chi connectivity index (χ0v) is 13.2. The summed E-state index contributed by atoms with van der Waals surface area (Å²) >= 11 is 11.9. The fraction of sp³-hybridized carbons (Fsp3) is 0.0625. The van der Waals surface area contributed by atoms with Crippen molar-refractivity contribution in [2.75, 3.05) is 7.11 Å². The third kappa shape index (κ3) is 3.03. The van der Waals surface area contributed by atoms with Gasteiger partial charge in [0.1, 0.15) is 17.2 Å². The number of rotatable bonds is 4. The van der Waals surface area contributed by atoms with E-state index in [1.54, 1.807) is 55.8 Å². The minimum absolute atomic E-state index is 0.572. The van der Waals surface area contributed by atoms with Crippen molar-refractivity contribution in [3.63, 3.8) is 0 Å². The molecule has 1 heterocycles. The van der Waals surface area contributed by atoms with Gasteiger partial charge in [0.2, 0.25) is 0 Å². The van der Waals surface area contributed by atoms with Gasteiger partial charge in [0.05, 0.1) is 13.3 Å². The van der Waals surface area contributed by atoms with Crippen LogP contribution in [0.1, 0.15) is 0 Å². The molecular formula is C16H12Cl2N2O2. The normalized spacial score (nSPS) is 10.5. The average molecular weight is 335 g/mol. The number of aromatic amines is 1. The topological polar surface area (TPSA) is 47.1 Å². The summed E-state index contributed by atoms with van der Waals surface area (Å²) in [6, 6.07) is 12.4. The zero-order chi connectivity index (χ0) is 15.5. The lowest BCUT2D eigenvalue weighted by atomic mass is 10.1. The molecule has 2 aromatic carbocycles. The van der Waals surface area contributed by atoms with Gasteiger partial charge < -0.3 is 9.47 Å². The molecule has 0 amide bonds. The molecule has 0 bridgehead atoms. The highest BCUT2D eigenvalue weighted by Gasteiger charge is 2.15. The molecule has 0 aliphatic rings. The van der Waals surface area contributed by atoms with Gasteiger partial charge in [-0.05, 0) is 42.5 Å². The molecule has 112 valence electrons. The zero-order valence-electron chi connectivity index (χ0n) is 11.6. The molecule has 0 atom stereocenters. The fourth-order valence-corrected chi connectivity index (χ4v) is 2.34. The number of hydrogen-bond donors (Lipinski definition) is 1. The Kier molecular flexibility index (Phi) is 4.22. The van der Waals surface area contributed by atoms with E-state index < -0.39 is 0 Å². The van der Waals surface area contributed by atoms with Crippen LogP contribution in [-0.4, -0.2) is 17.3 Å². The Morgan fingerprint density at radius 2 is 1.68 bits per heavy atom. The van der Waals surface area contributed by atoms with Crippen LogP contribution in [0.5, 0.6) is 17.2 Å². The summed E-state index contributed by atoms with van der Waals surface area (Å²) in [4.78, 5) is 0. The van der Waals surface area contributed by atoms with Crippen molar-refractivity contribution in [3.05, 3.63) is 58.7 Å². The molecule has 6 heteroatoms. The summed E-state index contributed by atoms with van der Waals surface area (Å²) in [5.74, 6) is 1.90. The van der Waals surface area contributed by atoms with E-state index in [1.807, 2.05) is 0 Å². The first-order valence-corrected chi connectivity index (χ1v) is 7.24. The Balaban J connectivity index is 1.98. The smallest absolute Gasteiger partial charge is 0.173 e. The van der Waals surface area contributed by atoms with Crippen molar-refractivity contribution in [3.8, 4) is 28.5 Å². The molecule has 4 nitrogen and oxygen atoms in total. The van der Waals surface area contributed by atoms with E-state index in [-0.39, 0.29) is 0 Å². The molecule has 0 spiro atoms. The summed E-state index contributed by atoms with van der Waals surface area (Å²) in [5.41, 5.74) is 1.37. The van der Waals surface area contributed by atoms with Crippen LogP contribution in [0, 0.1) is 0 Å². The second kappa shape index (κ2) is 6.30. The molecule has 0 saturated heterocycles. The van der Waals surface area contributed by atoms with Crippen LogP contribution in [0.15, 0.2) is 48.7 Å². The maximum atomic E-state index is 6.07. The lowest BCUT2D eigenvalue weighted by Gasteiger charge is -2.09. The average Bonchev–Trinajstić information content (AvgIpc) is 2.97. The largest absolute Gasteiger partial charge is 0.496 e. The molecule has 0 aliphatic heterocycles. The van der Waals surface area contributed by atoms with Gasteiger partial charge in [-0.15, -0.1) is 0 Å². The number of halogens is 2. The SMILES string of the molecule is COc1ccc(Cl)cc1-c1n[nH]cc1Oc1ccc(Cl)cc1. The van der Waals surface area contributed by atoms with E-state index >= 15 is 0 Å². The third-order valence-corrected chi connectivity index (χ3v) is 3.55. The number of aromatic nitrogens is 2. The monoisotopic (exact) mass is 334 g/mol. The van der Waals surface area contributed by atoms with Crippen molar-refractivity contribution >= 4 is 23.2 Å². The minimum Gasteiger partial charge on any atom is -0.496 e. The molecule has 0 fully saturated rings. The molecule has 1 N–H and O–H groups in total. The van der Waals surface area contributed by atoms with Crippen LogP contribution in [0.3, 0.4) is 0 Å². The number of H-pyrrole nitrogens is 1. The highest BCUT2D eigenvalue weighted by molar-refractivity contribution is 6.31. The molecule has 3 rings (SSSR count). The maximum absolute atomic E-state index is 6.07. The Morgan fingerprint density at radius 3 is 2.41 bits per heavy atom. The van der Waals surface area contributed by atoms with Crippen molar-refractivity contribution < 1.29 is 9.47 Å². The first kappa shape index (κ1) is 14.8. The lowest BCUT2D eigenvalue weighted by Crippen LogP contribution is -1.91. The number of benzene rings is 2. The molecule has 0 aliphatic carbocycles. The van der Waals surface area contributed by atoms with Gasteiger partial charge >= 0.3 is 0 Å². The maximum Gasteiger partial charge on any atom is 0.173 e. The second-order valence-corrected chi connectivity index (χ2v) is 5.37.